The molecule has 0 fully saturated rings. The number of aliphatic hydroxyl groups is 1. The van der Waals surface area contributed by atoms with Gasteiger partial charge in [-0.2, -0.15) is 0 Å². The molecule has 2 aromatic rings. The van der Waals surface area contributed by atoms with Crippen molar-refractivity contribution in [2.45, 2.75) is 26.4 Å². The molecule has 1 N–H and O–H groups in total. The summed E-state index contributed by atoms with van der Waals surface area (Å²) in [5.41, 5.74) is 1.93. The van der Waals surface area contributed by atoms with Crippen LogP contribution in [-0.2, 0) is 6.42 Å². The zero-order valence-electron chi connectivity index (χ0n) is 9.90. The van der Waals surface area contributed by atoms with Crippen LogP contribution in [0.5, 0.6) is 0 Å². The topological polar surface area (TPSA) is 20.2 Å². The first-order chi connectivity index (χ1) is 8.06. The molecule has 0 amide bonds. The minimum Gasteiger partial charge on any atom is -0.388 e. The number of rotatable bonds is 3. The lowest BCUT2D eigenvalue weighted by Crippen LogP contribution is -2.01. The van der Waals surface area contributed by atoms with Gasteiger partial charge in [0.1, 0.15) is 5.82 Å². The van der Waals surface area contributed by atoms with Crippen LogP contribution in [0.4, 0.5) is 4.39 Å². The van der Waals surface area contributed by atoms with Gasteiger partial charge in [-0.25, -0.2) is 4.39 Å². The fourth-order valence-electron chi connectivity index (χ4n) is 1.94. The summed E-state index contributed by atoms with van der Waals surface area (Å²) in [5.74, 6) is -0.245. The standard InChI is InChI=1S/C14H15FOS/c1-9-7-13(10(2)17-9)14(16)8-11-3-5-12(15)6-4-11/h3-7,14,16H,8H2,1-2H3. The molecular formula is C14H15FOS. The molecule has 0 radical (unpaired) electrons. The normalized spacial score (nSPS) is 12.7. The van der Waals surface area contributed by atoms with E-state index in [1.807, 2.05) is 19.9 Å². The molecule has 0 aliphatic carbocycles. The second kappa shape index (κ2) is 4.98. The molecule has 1 heterocycles. The van der Waals surface area contributed by atoms with Gasteiger partial charge in [0.25, 0.3) is 0 Å². The van der Waals surface area contributed by atoms with Crippen LogP contribution in [0.15, 0.2) is 30.3 Å². The van der Waals surface area contributed by atoms with E-state index in [0.29, 0.717) is 6.42 Å². The molecule has 0 bridgehead atoms. The van der Waals surface area contributed by atoms with Gasteiger partial charge >= 0.3 is 0 Å². The Hall–Kier alpha value is -1.19. The van der Waals surface area contributed by atoms with Crippen molar-refractivity contribution in [3.05, 3.63) is 57.0 Å². The molecule has 0 aliphatic rings. The molecule has 1 aromatic carbocycles. The van der Waals surface area contributed by atoms with Crippen molar-refractivity contribution in [3.63, 3.8) is 0 Å². The van der Waals surface area contributed by atoms with Crippen molar-refractivity contribution < 1.29 is 9.50 Å². The molecule has 1 atom stereocenters. The van der Waals surface area contributed by atoms with Gasteiger partial charge in [0.05, 0.1) is 6.10 Å². The number of thiophene rings is 1. The Morgan fingerprint density at radius 2 is 1.88 bits per heavy atom. The predicted molar refractivity (Wildman–Crippen MR) is 68.9 cm³/mol. The third-order valence-corrected chi connectivity index (χ3v) is 3.76. The van der Waals surface area contributed by atoms with Gasteiger partial charge in [0.2, 0.25) is 0 Å². The van der Waals surface area contributed by atoms with Crippen molar-refractivity contribution >= 4 is 11.3 Å². The summed E-state index contributed by atoms with van der Waals surface area (Å²) in [6.45, 7) is 4.05. The van der Waals surface area contributed by atoms with Crippen molar-refractivity contribution in [3.8, 4) is 0 Å². The fourth-order valence-corrected chi connectivity index (χ4v) is 2.92. The summed E-state index contributed by atoms with van der Waals surface area (Å²) < 4.78 is 12.8. The molecular weight excluding hydrogens is 235 g/mol. The molecule has 0 spiro atoms. The van der Waals surface area contributed by atoms with Crippen LogP contribution < -0.4 is 0 Å². The van der Waals surface area contributed by atoms with E-state index in [9.17, 15) is 9.50 Å². The highest BCUT2D eigenvalue weighted by Gasteiger charge is 2.13. The Labute approximate surface area is 105 Å². The zero-order chi connectivity index (χ0) is 12.4. The maximum Gasteiger partial charge on any atom is 0.123 e. The highest BCUT2D eigenvalue weighted by molar-refractivity contribution is 7.12. The molecule has 0 aliphatic heterocycles. The summed E-state index contributed by atoms with van der Waals surface area (Å²) in [6, 6.07) is 8.30. The van der Waals surface area contributed by atoms with E-state index in [1.54, 1.807) is 23.5 Å². The van der Waals surface area contributed by atoms with E-state index in [4.69, 9.17) is 0 Å². The van der Waals surface area contributed by atoms with Crippen molar-refractivity contribution in [2.75, 3.05) is 0 Å². The highest BCUT2D eigenvalue weighted by Crippen LogP contribution is 2.28. The van der Waals surface area contributed by atoms with E-state index in [2.05, 4.69) is 0 Å². The van der Waals surface area contributed by atoms with Gasteiger partial charge in [-0.3, -0.25) is 0 Å². The van der Waals surface area contributed by atoms with Crippen molar-refractivity contribution in [2.24, 2.45) is 0 Å². The van der Waals surface area contributed by atoms with E-state index < -0.39 is 6.10 Å². The van der Waals surface area contributed by atoms with Crippen LogP contribution in [0.3, 0.4) is 0 Å². The molecule has 17 heavy (non-hydrogen) atoms. The number of halogens is 1. The first kappa shape index (κ1) is 12.3. The predicted octanol–water partition coefficient (Wildman–Crippen LogP) is 3.78. The lowest BCUT2D eigenvalue weighted by molar-refractivity contribution is 0.178. The van der Waals surface area contributed by atoms with Gasteiger partial charge in [0.15, 0.2) is 0 Å². The minimum absolute atomic E-state index is 0.245. The molecule has 1 nitrogen and oxygen atoms in total. The van der Waals surface area contributed by atoms with Crippen LogP contribution in [-0.4, -0.2) is 5.11 Å². The van der Waals surface area contributed by atoms with Crippen LogP contribution in [0.25, 0.3) is 0 Å². The monoisotopic (exact) mass is 250 g/mol. The Morgan fingerprint density at radius 3 is 2.41 bits per heavy atom. The smallest absolute Gasteiger partial charge is 0.123 e. The highest BCUT2D eigenvalue weighted by atomic mass is 32.1. The van der Waals surface area contributed by atoms with Gasteiger partial charge in [-0.1, -0.05) is 12.1 Å². The van der Waals surface area contributed by atoms with E-state index in [-0.39, 0.29) is 5.82 Å². The number of aryl methyl sites for hydroxylation is 2. The van der Waals surface area contributed by atoms with E-state index >= 15 is 0 Å². The largest absolute Gasteiger partial charge is 0.388 e. The van der Waals surface area contributed by atoms with E-state index in [1.165, 1.54) is 17.0 Å². The maximum atomic E-state index is 12.8. The molecule has 3 heteroatoms. The molecule has 0 saturated carbocycles. The third-order valence-electron chi connectivity index (χ3n) is 2.78. The summed E-state index contributed by atoms with van der Waals surface area (Å²) in [7, 11) is 0. The quantitative estimate of drug-likeness (QED) is 0.879. The minimum atomic E-state index is -0.509. The number of hydrogen-bond donors (Lipinski definition) is 1. The first-order valence-corrected chi connectivity index (χ1v) is 6.37. The zero-order valence-corrected chi connectivity index (χ0v) is 10.7. The van der Waals surface area contributed by atoms with Gasteiger partial charge in [0, 0.05) is 16.2 Å². The second-order valence-corrected chi connectivity index (χ2v) is 5.68. The lowest BCUT2D eigenvalue weighted by Gasteiger charge is -2.10. The third kappa shape index (κ3) is 2.93. The van der Waals surface area contributed by atoms with E-state index in [0.717, 1.165) is 16.0 Å². The van der Waals surface area contributed by atoms with Gasteiger partial charge in [-0.05, 0) is 43.2 Å². The average Bonchev–Trinajstić information content (AvgIpc) is 2.61. The summed E-state index contributed by atoms with van der Waals surface area (Å²) in [6.07, 6.45) is 0.0162. The first-order valence-electron chi connectivity index (χ1n) is 5.55. The summed E-state index contributed by atoms with van der Waals surface area (Å²) in [4.78, 5) is 2.35. The number of aliphatic hydroxyl groups excluding tert-OH is 1. The van der Waals surface area contributed by atoms with Crippen molar-refractivity contribution in [1.82, 2.24) is 0 Å². The molecule has 2 rings (SSSR count). The molecule has 1 aromatic heterocycles. The van der Waals surface area contributed by atoms with Crippen LogP contribution in [0, 0.1) is 19.7 Å². The second-order valence-electron chi connectivity index (χ2n) is 4.21. The van der Waals surface area contributed by atoms with Crippen LogP contribution >= 0.6 is 11.3 Å². The van der Waals surface area contributed by atoms with Crippen LogP contribution in [0.2, 0.25) is 0 Å². The Kier molecular flexibility index (Phi) is 3.60. The summed E-state index contributed by atoms with van der Waals surface area (Å²) >= 11 is 1.69. The average molecular weight is 250 g/mol. The fraction of sp³-hybridized carbons (Fsp3) is 0.286. The Morgan fingerprint density at radius 1 is 1.24 bits per heavy atom. The van der Waals surface area contributed by atoms with Gasteiger partial charge in [-0.15, -0.1) is 11.3 Å². The lowest BCUT2D eigenvalue weighted by atomic mass is 10.0. The van der Waals surface area contributed by atoms with Gasteiger partial charge < -0.3 is 5.11 Å². The number of benzene rings is 1. The maximum absolute atomic E-state index is 12.8. The van der Waals surface area contributed by atoms with Crippen molar-refractivity contribution in [1.29, 1.82) is 0 Å². The Bertz CT molecular complexity index is 501. The number of hydrogen-bond acceptors (Lipinski definition) is 2. The Balaban J connectivity index is 2.14. The molecule has 90 valence electrons. The summed E-state index contributed by atoms with van der Waals surface area (Å²) in [5, 5.41) is 10.2. The molecule has 0 saturated heterocycles. The SMILES string of the molecule is Cc1cc(C(O)Cc2ccc(F)cc2)c(C)s1. The van der Waals surface area contributed by atoms with Crippen LogP contribution in [0.1, 0.15) is 27.0 Å². The molecule has 1 unspecified atom stereocenters.